The third-order valence-corrected chi connectivity index (χ3v) is 6.65. The van der Waals surface area contributed by atoms with Gasteiger partial charge in [0.25, 0.3) is 10.0 Å². The van der Waals surface area contributed by atoms with Gasteiger partial charge in [-0.2, -0.15) is 0 Å². The number of hydrogen-bond donors (Lipinski definition) is 1. The highest BCUT2D eigenvalue weighted by molar-refractivity contribution is 7.90. The van der Waals surface area contributed by atoms with Crippen LogP contribution in [-0.2, 0) is 27.7 Å². The number of ether oxygens (including phenoxy) is 1. The highest BCUT2D eigenvalue weighted by Crippen LogP contribution is 2.31. The molecule has 0 saturated carbocycles. The lowest BCUT2D eigenvalue weighted by molar-refractivity contribution is -0.137. The third-order valence-electron chi connectivity index (χ3n) is 4.67. The lowest BCUT2D eigenvalue weighted by atomic mass is 10.2. The summed E-state index contributed by atoms with van der Waals surface area (Å²) in [4.78, 5) is 15.2. The summed E-state index contributed by atoms with van der Waals surface area (Å²) in [6.45, 7) is 0.536. The molecule has 146 valence electrons. The van der Waals surface area contributed by atoms with Crippen molar-refractivity contribution < 1.29 is 23.1 Å². The lowest BCUT2D eigenvalue weighted by Crippen LogP contribution is -2.16. The highest BCUT2D eigenvalue weighted by Gasteiger charge is 2.25. The number of carboxylic acid groups (broad SMARTS) is 1. The van der Waals surface area contributed by atoms with E-state index in [0.29, 0.717) is 41.9 Å². The summed E-state index contributed by atoms with van der Waals surface area (Å²) < 4.78 is 33.6. The second-order valence-corrected chi connectivity index (χ2v) is 8.73. The number of aliphatic carboxylic acids is 1. The van der Waals surface area contributed by atoms with E-state index in [1.54, 1.807) is 24.3 Å². The van der Waals surface area contributed by atoms with Crippen LogP contribution in [0.15, 0.2) is 41.3 Å². The zero-order valence-corrected chi connectivity index (χ0v) is 16.3. The number of nitrogens with zero attached hydrogens (tertiary/aromatic N) is 2. The van der Waals surface area contributed by atoms with E-state index in [4.69, 9.17) is 21.4 Å². The maximum absolute atomic E-state index is 13.5. The largest absolute Gasteiger partial charge is 0.493 e. The molecule has 0 saturated heterocycles. The molecule has 0 unspecified atom stereocenters. The molecule has 7 nitrogen and oxygen atoms in total. The molecule has 1 aliphatic rings. The fourth-order valence-corrected chi connectivity index (χ4v) is 5.16. The Morgan fingerprint density at radius 3 is 2.86 bits per heavy atom. The predicted molar refractivity (Wildman–Crippen MR) is 104 cm³/mol. The smallest absolute Gasteiger partial charge is 0.303 e. The summed E-state index contributed by atoms with van der Waals surface area (Å²) >= 11 is 5.96. The summed E-state index contributed by atoms with van der Waals surface area (Å²) in [5.41, 5.74) is 2.19. The van der Waals surface area contributed by atoms with E-state index >= 15 is 0 Å². The van der Waals surface area contributed by atoms with Gasteiger partial charge in [0.15, 0.2) is 0 Å². The Kier molecular flexibility index (Phi) is 4.76. The molecule has 1 aromatic carbocycles. The van der Waals surface area contributed by atoms with E-state index in [0.717, 1.165) is 5.56 Å². The van der Waals surface area contributed by atoms with Gasteiger partial charge in [-0.25, -0.2) is 17.4 Å². The number of aromatic nitrogens is 2. The number of halogens is 1. The summed E-state index contributed by atoms with van der Waals surface area (Å²) in [5, 5.41) is 9.16. The standard InChI is InChI=1S/C19H17ClN2O5S/c20-18-7-5-16-15(21-18)11-13(2-1-3-19(23)24)22(16)28(25,26)14-4-6-17-12(10-14)8-9-27-17/h4-7,10-11H,1-3,8-9H2,(H,23,24). The van der Waals surface area contributed by atoms with Crippen molar-refractivity contribution in [3.63, 3.8) is 0 Å². The second kappa shape index (κ2) is 7.10. The van der Waals surface area contributed by atoms with Crippen molar-refractivity contribution in [3.8, 4) is 5.75 Å². The summed E-state index contributed by atoms with van der Waals surface area (Å²) in [6, 6.07) is 9.62. The molecule has 28 heavy (non-hydrogen) atoms. The molecule has 0 fully saturated rings. The average Bonchev–Trinajstić information content (AvgIpc) is 3.24. The minimum Gasteiger partial charge on any atom is -0.493 e. The predicted octanol–water partition coefficient (Wildman–Crippen LogP) is 3.27. The summed E-state index contributed by atoms with van der Waals surface area (Å²) in [7, 11) is -3.91. The fourth-order valence-electron chi connectivity index (χ4n) is 3.40. The van der Waals surface area contributed by atoms with Crippen LogP contribution in [-0.4, -0.2) is 35.1 Å². The van der Waals surface area contributed by atoms with Crippen LogP contribution in [0.4, 0.5) is 0 Å². The summed E-state index contributed by atoms with van der Waals surface area (Å²) in [5.74, 6) is -0.225. The summed E-state index contributed by atoms with van der Waals surface area (Å²) in [6.07, 6.45) is 1.21. The number of benzene rings is 1. The molecule has 2 aromatic heterocycles. The van der Waals surface area contributed by atoms with Crippen molar-refractivity contribution in [1.29, 1.82) is 0 Å². The first-order valence-corrected chi connectivity index (χ1v) is 10.6. The van der Waals surface area contributed by atoms with Crippen molar-refractivity contribution in [2.75, 3.05) is 6.61 Å². The number of fused-ring (bicyclic) bond motifs is 2. The van der Waals surface area contributed by atoms with Crippen LogP contribution in [0, 0.1) is 0 Å². The molecular formula is C19H17ClN2O5S. The highest BCUT2D eigenvalue weighted by atomic mass is 35.5. The first-order valence-electron chi connectivity index (χ1n) is 8.76. The quantitative estimate of drug-likeness (QED) is 0.614. The molecule has 1 N–H and O–H groups in total. The molecule has 3 heterocycles. The maximum Gasteiger partial charge on any atom is 0.303 e. The molecule has 4 rings (SSSR count). The van der Waals surface area contributed by atoms with E-state index in [2.05, 4.69) is 4.98 Å². The number of carbonyl (C=O) groups is 1. The normalized spacial score (nSPS) is 13.5. The van der Waals surface area contributed by atoms with Crippen LogP contribution >= 0.6 is 11.6 Å². The topological polar surface area (TPSA) is 98.5 Å². The van der Waals surface area contributed by atoms with Crippen LogP contribution < -0.4 is 4.74 Å². The van der Waals surface area contributed by atoms with Crippen molar-refractivity contribution >= 4 is 38.6 Å². The van der Waals surface area contributed by atoms with Crippen molar-refractivity contribution in [3.05, 3.63) is 52.8 Å². The minimum atomic E-state index is -3.91. The first-order chi connectivity index (χ1) is 13.4. The number of carboxylic acids is 1. The van der Waals surface area contributed by atoms with Crippen LogP contribution in [0.1, 0.15) is 24.1 Å². The van der Waals surface area contributed by atoms with Crippen molar-refractivity contribution in [2.45, 2.75) is 30.6 Å². The molecular weight excluding hydrogens is 404 g/mol. The molecule has 0 spiro atoms. The van der Waals surface area contributed by atoms with Gasteiger partial charge >= 0.3 is 5.97 Å². The Labute approximate surface area is 166 Å². The average molecular weight is 421 g/mol. The van der Waals surface area contributed by atoms with Gasteiger partial charge in [0.05, 0.1) is 22.5 Å². The lowest BCUT2D eigenvalue weighted by Gasteiger charge is -2.12. The molecule has 0 amide bonds. The van der Waals surface area contributed by atoms with Crippen molar-refractivity contribution in [2.24, 2.45) is 0 Å². The monoisotopic (exact) mass is 420 g/mol. The number of pyridine rings is 1. The molecule has 1 aliphatic heterocycles. The Morgan fingerprint density at radius 1 is 1.25 bits per heavy atom. The Hall–Kier alpha value is -2.58. The molecule has 3 aromatic rings. The first kappa shape index (κ1) is 18.8. The Bertz CT molecular complexity index is 1190. The Balaban J connectivity index is 1.84. The van der Waals surface area contributed by atoms with Crippen LogP contribution in [0.3, 0.4) is 0 Å². The van der Waals surface area contributed by atoms with Crippen molar-refractivity contribution in [1.82, 2.24) is 8.96 Å². The van der Waals surface area contributed by atoms with E-state index in [9.17, 15) is 13.2 Å². The van der Waals surface area contributed by atoms with Gasteiger partial charge in [0.1, 0.15) is 10.9 Å². The fraction of sp³-hybridized carbons (Fsp3) is 0.263. The van der Waals surface area contributed by atoms with Crippen LogP contribution in [0.5, 0.6) is 5.75 Å². The van der Waals surface area contributed by atoms with E-state index < -0.39 is 16.0 Å². The zero-order chi connectivity index (χ0) is 19.9. The molecule has 0 bridgehead atoms. The second-order valence-electron chi connectivity index (χ2n) is 6.56. The SMILES string of the molecule is O=C(O)CCCc1cc2nc(Cl)ccc2n1S(=O)(=O)c1ccc2c(c1)CCO2. The molecule has 0 aliphatic carbocycles. The van der Waals surface area contributed by atoms with Gasteiger partial charge in [0.2, 0.25) is 0 Å². The van der Waals surface area contributed by atoms with E-state index in [-0.39, 0.29) is 22.9 Å². The number of rotatable bonds is 6. The van der Waals surface area contributed by atoms with Gasteiger partial charge < -0.3 is 9.84 Å². The van der Waals surface area contributed by atoms with E-state index in [1.165, 1.54) is 16.1 Å². The molecule has 0 radical (unpaired) electrons. The van der Waals surface area contributed by atoms with Gasteiger partial charge in [0, 0.05) is 18.5 Å². The maximum atomic E-state index is 13.5. The van der Waals surface area contributed by atoms with Gasteiger partial charge in [-0.15, -0.1) is 0 Å². The zero-order valence-electron chi connectivity index (χ0n) is 14.8. The van der Waals surface area contributed by atoms with Crippen LogP contribution in [0.25, 0.3) is 11.0 Å². The Morgan fingerprint density at radius 2 is 2.07 bits per heavy atom. The van der Waals surface area contributed by atoms with Gasteiger partial charge in [-0.05, 0) is 54.8 Å². The van der Waals surface area contributed by atoms with Gasteiger partial charge in [-0.3, -0.25) is 4.79 Å². The van der Waals surface area contributed by atoms with Gasteiger partial charge in [-0.1, -0.05) is 11.6 Å². The van der Waals surface area contributed by atoms with Crippen LogP contribution in [0.2, 0.25) is 5.15 Å². The number of hydrogen-bond acceptors (Lipinski definition) is 5. The number of aryl methyl sites for hydroxylation is 1. The van der Waals surface area contributed by atoms with E-state index in [1.807, 2.05) is 0 Å². The minimum absolute atomic E-state index is 0.0497. The third kappa shape index (κ3) is 3.33. The molecule has 0 atom stereocenters. The molecule has 9 heteroatoms.